The first-order chi connectivity index (χ1) is 30.8. The lowest BCUT2D eigenvalue weighted by molar-refractivity contribution is -0.383. The molecule has 2 aromatic rings. The lowest BCUT2D eigenvalue weighted by Crippen LogP contribution is -2.65. The third-order valence-electron chi connectivity index (χ3n) is 9.24. The van der Waals surface area contributed by atoms with E-state index in [4.69, 9.17) is 66.3 Å². The topological polar surface area (TPSA) is 266 Å². The molecule has 0 radical (unpaired) electrons. The van der Waals surface area contributed by atoms with Crippen molar-refractivity contribution in [2.24, 2.45) is 0 Å². The maximum absolute atomic E-state index is 13.9. The minimum atomic E-state index is -2.66. The molecule has 0 aromatic heterocycles. The van der Waals surface area contributed by atoms with E-state index >= 15 is 0 Å². The zero-order chi connectivity index (χ0) is 48.0. The van der Waals surface area contributed by atoms with Gasteiger partial charge in [0.1, 0.15) is 32.0 Å². The second-order valence-electron chi connectivity index (χ2n) is 14.1. The second-order valence-corrected chi connectivity index (χ2v) is 14.1. The maximum Gasteiger partial charge on any atom is 0.338 e. The molecule has 9 atom stereocenters. The Morgan fingerprint density at radius 1 is 0.600 bits per heavy atom. The molecule has 0 unspecified atom stereocenters. The summed E-state index contributed by atoms with van der Waals surface area (Å²) in [5, 5.41) is 0. The van der Waals surface area contributed by atoms with Crippen LogP contribution in [-0.2, 0) is 85.7 Å². The van der Waals surface area contributed by atoms with Crippen LogP contribution in [0.25, 0.3) is 6.08 Å². The number of rotatable bonds is 19. The molecule has 0 N–H and O–H groups in total. The number of methoxy groups -OCH3 is 3. The van der Waals surface area contributed by atoms with E-state index in [1.54, 1.807) is 18.2 Å². The summed E-state index contributed by atoms with van der Waals surface area (Å²) in [7, 11) is 4.17. The molecule has 0 saturated carbocycles. The molecule has 354 valence electrons. The van der Waals surface area contributed by atoms with Gasteiger partial charge in [0, 0.05) is 47.6 Å². The van der Waals surface area contributed by atoms with E-state index in [-0.39, 0.29) is 22.8 Å². The molecule has 65 heavy (non-hydrogen) atoms. The van der Waals surface area contributed by atoms with Crippen LogP contribution in [0.5, 0.6) is 17.2 Å². The molecule has 0 bridgehead atoms. The van der Waals surface area contributed by atoms with Gasteiger partial charge in [-0.05, 0) is 35.9 Å². The summed E-state index contributed by atoms with van der Waals surface area (Å²) < 4.78 is 79.4. The fourth-order valence-electron chi connectivity index (χ4n) is 6.68. The third kappa shape index (κ3) is 13.9. The van der Waals surface area contributed by atoms with Crippen LogP contribution in [0.3, 0.4) is 0 Å². The predicted octanol–water partition coefficient (Wildman–Crippen LogP) is 2.18. The van der Waals surface area contributed by atoms with E-state index in [0.717, 1.165) is 47.6 Å². The third-order valence-corrected chi connectivity index (χ3v) is 9.24. The van der Waals surface area contributed by atoms with Gasteiger partial charge in [-0.1, -0.05) is 18.2 Å². The molecule has 2 saturated heterocycles. The molecule has 22 nitrogen and oxygen atoms in total. The van der Waals surface area contributed by atoms with Gasteiger partial charge < -0.3 is 66.3 Å². The largest absolute Gasteiger partial charge is 0.493 e. The van der Waals surface area contributed by atoms with Gasteiger partial charge in [0.25, 0.3) is 0 Å². The highest BCUT2D eigenvalue weighted by molar-refractivity contribution is 5.89. The number of hydrogen-bond donors (Lipinski definition) is 0. The smallest absolute Gasteiger partial charge is 0.338 e. The van der Waals surface area contributed by atoms with Crippen LogP contribution in [0.2, 0.25) is 0 Å². The summed E-state index contributed by atoms with van der Waals surface area (Å²) >= 11 is 0. The van der Waals surface area contributed by atoms with Crippen LogP contribution in [0.15, 0.2) is 48.5 Å². The first-order valence-electron chi connectivity index (χ1n) is 19.7. The van der Waals surface area contributed by atoms with E-state index < -0.39 is 122 Å². The van der Waals surface area contributed by atoms with Gasteiger partial charge >= 0.3 is 47.8 Å². The summed E-state index contributed by atoms with van der Waals surface area (Å²) in [6.45, 7) is 3.78. The first-order valence-corrected chi connectivity index (χ1v) is 19.7. The molecular formula is C43H50O22. The molecule has 2 aromatic carbocycles. The molecule has 2 aliphatic heterocycles. The Balaban J connectivity index is 1.89. The molecule has 2 aliphatic rings. The van der Waals surface area contributed by atoms with Crippen molar-refractivity contribution in [2.45, 2.75) is 96.3 Å². The molecule has 0 aliphatic carbocycles. The standard InChI is InChI=1S/C43H50O22/c1-22(44)55-19-32-36(63-41(51)29-13-11-10-12-14-29)38(59-26(5)48)39(60-27(6)49)42(61-32)65-43(21-57-24(3)46)40(37(58-25(4)47)33(64-43)20-56-23(2)45)62-34(50)16-15-28-17-30(52-7)35(54-9)31(18-28)53-8/h10-18,32-33,36-40,42H,19-21H2,1-9H3/b16-15+/t32-,33-,36-,37-,38+,39-,40+,42-,43+/m1/s1. The van der Waals surface area contributed by atoms with Gasteiger partial charge in [0.05, 0.1) is 26.9 Å². The highest BCUT2D eigenvalue weighted by atomic mass is 16.8. The van der Waals surface area contributed by atoms with Crippen molar-refractivity contribution < 1.29 is 105 Å². The lowest BCUT2D eigenvalue weighted by atomic mass is 9.97. The summed E-state index contributed by atoms with van der Waals surface area (Å²) in [4.78, 5) is 102. The summed E-state index contributed by atoms with van der Waals surface area (Å²) in [6.07, 6.45) is -12.0. The van der Waals surface area contributed by atoms with Crippen LogP contribution < -0.4 is 14.2 Å². The van der Waals surface area contributed by atoms with Crippen LogP contribution in [0, 0.1) is 0 Å². The van der Waals surface area contributed by atoms with E-state index in [1.165, 1.54) is 51.7 Å². The number of esters is 8. The minimum absolute atomic E-state index is 0.0433. The quantitative estimate of drug-likeness (QED) is 0.111. The monoisotopic (exact) mass is 918 g/mol. The maximum atomic E-state index is 13.9. The summed E-state index contributed by atoms with van der Waals surface area (Å²) in [5.41, 5.74) is 0.394. The van der Waals surface area contributed by atoms with Crippen molar-refractivity contribution in [3.8, 4) is 17.2 Å². The molecular weight excluding hydrogens is 868 g/mol. The number of carbonyl (C=O) groups is 8. The highest BCUT2D eigenvalue weighted by Crippen LogP contribution is 2.42. The van der Waals surface area contributed by atoms with Crippen molar-refractivity contribution in [2.75, 3.05) is 41.2 Å². The van der Waals surface area contributed by atoms with Crippen LogP contribution in [-0.4, -0.2) is 144 Å². The van der Waals surface area contributed by atoms with Crippen molar-refractivity contribution in [3.63, 3.8) is 0 Å². The summed E-state index contributed by atoms with van der Waals surface area (Å²) in [6, 6.07) is 10.6. The van der Waals surface area contributed by atoms with Crippen molar-refractivity contribution in [3.05, 3.63) is 59.7 Å². The Morgan fingerprint density at radius 2 is 1.14 bits per heavy atom. The molecule has 2 heterocycles. The van der Waals surface area contributed by atoms with E-state index in [2.05, 4.69) is 0 Å². The van der Waals surface area contributed by atoms with E-state index in [0.29, 0.717) is 5.56 Å². The minimum Gasteiger partial charge on any atom is -0.493 e. The molecule has 22 heteroatoms. The van der Waals surface area contributed by atoms with Gasteiger partial charge in [-0.2, -0.15) is 0 Å². The average Bonchev–Trinajstić information content (AvgIpc) is 3.51. The second kappa shape index (κ2) is 23.2. The zero-order valence-corrected chi connectivity index (χ0v) is 36.9. The zero-order valence-electron chi connectivity index (χ0n) is 36.9. The van der Waals surface area contributed by atoms with Gasteiger partial charge in [-0.25, -0.2) is 9.59 Å². The molecule has 4 rings (SSSR count). The van der Waals surface area contributed by atoms with Crippen molar-refractivity contribution >= 4 is 53.8 Å². The summed E-state index contributed by atoms with van der Waals surface area (Å²) in [5.74, 6) is -9.52. The first kappa shape index (κ1) is 50.9. The molecule has 0 amide bonds. The molecule has 2 fully saturated rings. The van der Waals surface area contributed by atoms with Gasteiger partial charge in [0.15, 0.2) is 42.0 Å². The van der Waals surface area contributed by atoms with Gasteiger partial charge in [0.2, 0.25) is 17.8 Å². The number of hydrogen-bond acceptors (Lipinski definition) is 22. The fourth-order valence-corrected chi connectivity index (χ4v) is 6.68. The Hall–Kier alpha value is -6.78. The highest BCUT2D eigenvalue weighted by Gasteiger charge is 2.65. The van der Waals surface area contributed by atoms with E-state index in [9.17, 15) is 38.4 Å². The van der Waals surface area contributed by atoms with Gasteiger partial charge in [-0.3, -0.25) is 28.8 Å². The Bertz CT molecular complexity index is 2060. The van der Waals surface area contributed by atoms with Crippen molar-refractivity contribution in [1.29, 1.82) is 0 Å². The molecule has 0 spiro atoms. The number of ether oxygens (including phenoxy) is 14. The van der Waals surface area contributed by atoms with E-state index in [1.807, 2.05) is 0 Å². The van der Waals surface area contributed by atoms with Crippen LogP contribution >= 0.6 is 0 Å². The van der Waals surface area contributed by atoms with Gasteiger partial charge in [-0.15, -0.1) is 0 Å². The van der Waals surface area contributed by atoms with Crippen LogP contribution in [0.1, 0.15) is 57.5 Å². The van der Waals surface area contributed by atoms with Crippen molar-refractivity contribution in [1.82, 2.24) is 0 Å². The predicted molar refractivity (Wildman–Crippen MR) is 215 cm³/mol. The Kier molecular flexibility index (Phi) is 18.2. The number of carbonyl (C=O) groups excluding carboxylic acids is 8. The Labute approximate surface area is 372 Å². The van der Waals surface area contributed by atoms with Crippen LogP contribution in [0.4, 0.5) is 0 Å². The normalized spacial score (nSPS) is 24.7. The lowest BCUT2D eigenvalue weighted by Gasteiger charge is -2.46. The fraction of sp³-hybridized carbons (Fsp3) is 0.488. The SMILES string of the molecule is COc1cc(/C=C/C(=O)O[C@H]2[C@H](OC(C)=O)[C@@H](COC(C)=O)O[C@@]2(COC(C)=O)O[C@H]2O[C@H](COC(C)=O)[C@@H](OC(=O)c3ccccc3)[C@H](OC(C)=O)[C@H]2OC(C)=O)cc(OC)c1OC. The Morgan fingerprint density at radius 3 is 1.66 bits per heavy atom. The average molecular weight is 919 g/mol. The number of benzene rings is 2.